The Labute approximate surface area is 146 Å². The van der Waals surface area contributed by atoms with Gasteiger partial charge in [0.2, 0.25) is 5.91 Å². The van der Waals surface area contributed by atoms with Crippen LogP contribution in [0.1, 0.15) is 36.6 Å². The van der Waals surface area contributed by atoms with Crippen LogP contribution in [0.3, 0.4) is 0 Å². The molecule has 5 nitrogen and oxygen atoms in total. The minimum absolute atomic E-state index is 0.0681. The monoisotopic (exact) mass is 336 g/mol. The Kier molecular flexibility index (Phi) is 4.22. The van der Waals surface area contributed by atoms with E-state index in [1.807, 2.05) is 53.4 Å². The molecule has 1 aliphatic carbocycles. The quantitative estimate of drug-likeness (QED) is 0.788. The van der Waals surface area contributed by atoms with E-state index in [-0.39, 0.29) is 24.2 Å². The molecule has 5 heteroatoms. The van der Waals surface area contributed by atoms with Crippen LogP contribution in [0.25, 0.3) is 0 Å². The topological polar surface area (TPSA) is 59.5 Å². The van der Waals surface area contributed by atoms with Crippen molar-refractivity contribution in [2.45, 2.75) is 31.4 Å². The molecule has 4 rings (SSSR count). The lowest BCUT2D eigenvalue weighted by atomic mass is 10.0. The fraction of sp³-hybridized carbons (Fsp3) is 0.350. The van der Waals surface area contributed by atoms with Crippen LogP contribution in [-0.2, 0) is 14.3 Å². The van der Waals surface area contributed by atoms with E-state index >= 15 is 0 Å². The first-order valence-corrected chi connectivity index (χ1v) is 8.68. The van der Waals surface area contributed by atoms with E-state index in [1.165, 1.54) is 0 Å². The highest BCUT2D eigenvalue weighted by atomic mass is 16.5. The standard InChI is InChI=1S/C20H20N2O3/c23-18-12-15(13-22(18)16-9-10-16)20(24)25-19(14-6-2-1-3-7-14)17-8-4-5-11-21-17/h1-8,11,15-16,19H,9-10,12-13H2/t15-,19+/m1/s1. The molecule has 0 bridgehead atoms. The van der Waals surface area contributed by atoms with Gasteiger partial charge in [0, 0.05) is 25.2 Å². The van der Waals surface area contributed by atoms with Crippen LogP contribution in [-0.4, -0.2) is 34.3 Å². The third-order valence-electron chi connectivity index (χ3n) is 4.77. The van der Waals surface area contributed by atoms with Gasteiger partial charge in [-0.3, -0.25) is 14.6 Å². The van der Waals surface area contributed by atoms with Gasteiger partial charge in [0.25, 0.3) is 0 Å². The molecule has 1 aromatic carbocycles. The molecule has 0 spiro atoms. The summed E-state index contributed by atoms with van der Waals surface area (Å²) in [5.41, 5.74) is 1.56. The highest BCUT2D eigenvalue weighted by molar-refractivity contribution is 5.87. The van der Waals surface area contributed by atoms with E-state index in [4.69, 9.17) is 4.74 Å². The summed E-state index contributed by atoms with van der Waals surface area (Å²) in [6, 6.07) is 15.5. The van der Waals surface area contributed by atoms with Crippen molar-refractivity contribution in [3.05, 3.63) is 66.0 Å². The minimum atomic E-state index is -0.556. The molecule has 2 aromatic rings. The van der Waals surface area contributed by atoms with E-state index < -0.39 is 6.10 Å². The highest BCUT2D eigenvalue weighted by Crippen LogP contribution is 2.34. The second-order valence-electron chi connectivity index (χ2n) is 6.66. The van der Waals surface area contributed by atoms with Crippen LogP contribution >= 0.6 is 0 Å². The zero-order valence-corrected chi connectivity index (χ0v) is 13.9. The Morgan fingerprint density at radius 2 is 1.88 bits per heavy atom. The van der Waals surface area contributed by atoms with Gasteiger partial charge in [-0.05, 0) is 30.5 Å². The van der Waals surface area contributed by atoms with Crippen molar-refractivity contribution in [3.63, 3.8) is 0 Å². The molecule has 128 valence electrons. The number of rotatable bonds is 5. The smallest absolute Gasteiger partial charge is 0.312 e. The summed E-state index contributed by atoms with van der Waals surface area (Å²) < 4.78 is 5.82. The summed E-state index contributed by atoms with van der Waals surface area (Å²) in [7, 11) is 0. The largest absolute Gasteiger partial charge is 0.451 e. The minimum Gasteiger partial charge on any atom is -0.451 e. The van der Waals surface area contributed by atoms with Crippen LogP contribution in [0.2, 0.25) is 0 Å². The van der Waals surface area contributed by atoms with Gasteiger partial charge in [-0.25, -0.2) is 0 Å². The van der Waals surface area contributed by atoms with Gasteiger partial charge in [-0.1, -0.05) is 36.4 Å². The van der Waals surface area contributed by atoms with Gasteiger partial charge >= 0.3 is 5.97 Å². The maximum atomic E-state index is 12.7. The first-order valence-electron chi connectivity index (χ1n) is 8.68. The number of esters is 1. The first-order chi connectivity index (χ1) is 12.2. The second-order valence-corrected chi connectivity index (χ2v) is 6.66. The summed E-state index contributed by atoms with van der Waals surface area (Å²) in [5.74, 6) is -0.641. The van der Waals surface area contributed by atoms with Crippen LogP contribution < -0.4 is 0 Å². The molecule has 25 heavy (non-hydrogen) atoms. The fourth-order valence-corrected chi connectivity index (χ4v) is 3.30. The normalized spacial score (nSPS) is 21.2. The highest BCUT2D eigenvalue weighted by Gasteiger charge is 2.43. The Bertz CT molecular complexity index is 720. The molecule has 0 radical (unpaired) electrons. The molecule has 1 amide bonds. The number of likely N-dealkylation sites (tertiary alicyclic amines) is 1. The van der Waals surface area contributed by atoms with E-state index in [0.29, 0.717) is 18.3 Å². The van der Waals surface area contributed by atoms with E-state index in [2.05, 4.69) is 4.98 Å². The van der Waals surface area contributed by atoms with Gasteiger partial charge in [-0.2, -0.15) is 0 Å². The molecule has 2 heterocycles. The van der Waals surface area contributed by atoms with E-state index in [0.717, 1.165) is 18.4 Å². The molecular formula is C20H20N2O3. The molecule has 1 aromatic heterocycles. The number of carbonyl (C=O) groups is 2. The number of amides is 1. The van der Waals surface area contributed by atoms with Gasteiger partial charge in [0.05, 0.1) is 11.6 Å². The summed E-state index contributed by atoms with van der Waals surface area (Å²) in [5, 5.41) is 0. The summed E-state index contributed by atoms with van der Waals surface area (Å²) in [4.78, 5) is 31.0. The molecule has 2 aliphatic rings. The average molecular weight is 336 g/mol. The molecule has 2 atom stereocenters. The van der Waals surface area contributed by atoms with Crippen LogP contribution in [0.4, 0.5) is 0 Å². The number of carbonyl (C=O) groups excluding carboxylic acids is 2. The average Bonchev–Trinajstić information content (AvgIpc) is 3.42. The Balaban J connectivity index is 1.53. The van der Waals surface area contributed by atoms with Crippen molar-refractivity contribution >= 4 is 11.9 Å². The molecule has 1 saturated heterocycles. The number of hydrogen-bond acceptors (Lipinski definition) is 4. The van der Waals surface area contributed by atoms with Gasteiger partial charge in [0.1, 0.15) is 0 Å². The molecular weight excluding hydrogens is 316 g/mol. The van der Waals surface area contributed by atoms with Crippen molar-refractivity contribution in [1.29, 1.82) is 0 Å². The number of aromatic nitrogens is 1. The number of hydrogen-bond donors (Lipinski definition) is 0. The molecule has 1 saturated carbocycles. The zero-order valence-electron chi connectivity index (χ0n) is 13.9. The molecule has 2 fully saturated rings. The summed E-state index contributed by atoms with van der Waals surface area (Å²) in [6.45, 7) is 0.478. The first kappa shape index (κ1) is 15.8. The van der Waals surface area contributed by atoms with Crippen LogP contribution in [0.5, 0.6) is 0 Å². The zero-order chi connectivity index (χ0) is 17.2. The van der Waals surface area contributed by atoms with Crippen molar-refractivity contribution in [2.75, 3.05) is 6.54 Å². The third kappa shape index (κ3) is 3.40. The van der Waals surface area contributed by atoms with Crippen molar-refractivity contribution in [2.24, 2.45) is 5.92 Å². The van der Waals surface area contributed by atoms with Crippen molar-refractivity contribution in [1.82, 2.24) is 9.88 Å². The second kappa shape index (κ2) is 6.67. The van der Waals surface area contributed by atoms with Gasteiger partial charge in [0.15, 0.2) is 6.10 Å². The van der Waals surface area contributed by atoms with Crippen LogP contribution in [0, 0.1) is 5.92 Å². The van der Waals surface area contributed by atoms with Crippen molar-refractivity contribution < 1.29 is 14.3 Å². The summed E-state index contributed by atoms with van der Waals surface area (Å²) >= 11 is 0. The maximum Gasteiger partial charge on any atom is 0.312 e. The summed E-state index contributed by atoms with van der Waals surface area (Å²) in [6.07, 6.45) is 3.48. The number of nitrogens with zero attached hydrogens (tertiary/aromatic N) is 2. The molecule has 0 unspecified atom stereocenters. The lowest BCUT2D eigenvalue weighted by Crippen LogP contribution is -2.29. The number of ether oxygens (including phenoxy) is 1. The number of benzene rings is 1. The van der Waals surface area contributed by atoms with E-state index in [9.17, 15) is 9.59 Å². The lowest BCUT2D eigenvalue weighted by Gasteiger charge is -2.20. The SMILES string of the molecule is O=C(O[C@@H](c1ccccc1)c1ccccn1)[C@@H]1CC(=O)N(C2CC2)C1. The lowest BCUT2D eigenvalue weighted by molar-refractivity contribution is -0.152. The van der Waals surface area contributed by atoms with Crippen LogP contribution in [0.15, 0.2) is 54.7 Å². The number of pyridine rings is 1. The Morgan fingerprint density at radius 1 is 1.12 bits per heavy atom. The molecule has 1 aliphatic heterocycles. The fourth-order valence-electron chi connectivity index (χ4n) is 3.30. The van der Waals surface area contributed by atoms with E-state index in [1.54, 1.807) is 6.20 Å². The predicted octanol–water partition coefficient (Wildman–Crippen LogP) is 2.73. The van der Waals surface area contributed by atoms with Gasteiger partial charge in [-0.15, -0.1) is 0 Å². The van der Waals surface area contributed by atoms with Crippen molar-refractivity contribution in [3.8, 4) is 0 Å². The van der Waals surface area contributed by atoms with Gasteiger partial charge < -0.3 is 9.64 Å². The third-order valence-corrected chi connectivity index (χ3v) is 4.77. The molecule has 0 N–H and O–H groups in total. The Morgan fingerprint density at radius 3 is 2.56 bits per heavy atom. The predicted molar refractivity (Wildman–Crippen MR) is 91.5 cm³/mol. The Hall–Kier alpha value is -2.69. The maximum absolute atomic E-state index is 12.7.